The number of carbonyl (C=O) groups is 1. The highest BCUT2D eigenvalue weighted by molar-refractivity contribution is 7.84. The summed E-state index contributed by atoms with van der Waals surface area (Å²) in [6.45, 7) is 2.76. The van der Waals surface area contributed by atoms with Gasteiger partial charge in [0.2, 0.25) is 0 Å². The van der Waals surface area contributed by atoms with Crippen LogP contribution in [0.1, 0.15) is 23.0 Å². The highest BCUT2D eigenvalue weighted by atomic mass is 32.2. The number of rotatable bonds is 7. The van der Waals surface area contributed by atoms with E-state index < -0.39 is 16.8 Å². The summed E-state index contributed by atoms with van der Waals surface area (Å²) in [5, 5.41) is 13.0. The van der Waals surface area contributed by atoms with E-state index in [0.29, 0.717) is 41.3 Å². The van der Waals surface area contributed by atoms with Crippen molar-refractivity contribution in [2.75, 3.05) is 18.1 Å². The maximum atomic E-state index is 11.3. The molecule has 6 heteroatoms. The predicted octanol–water partition coefficient (Wildman–Crippen LogP) is 1.99. The van der Waals surface area contributed by atoms with E-state index in [2.05, 4.69) is 5.32 Å². The highest BCUT2D eigenvalue weighted by Crippen LogP contribution is 2.25. The third-order valence-corrected chi connectivity index (χ3v) is 4.30. The van der Waals surface area contributed by atoms with Gasteiger partial charge in [0.15, 0.2) is 0 Å². The summed E-state index contributed by atoms with van der Waals surface area (Å²) < 4.78 is 16.9. The first-order chi connectivity index (χ1) is 9.63. The van der Waals surface area contributed by atoms with Crippen molar-refractivity contribution in [2.24, 2.45) is 0 Å². The van der Waals surface area contributed by atoms with Crippen molar-refractivity contribution in [1.82, 2.24) is 5.32 Å². The van der Waals surface area contributed by atoms with E-state index in [1.165, 1.54) is 0 Å². The predicted molar refractivity (Wildman–Crippen MR) is 78.4 cm³/mol. The minimum atomic E-state index is -0.996. The third-order valence-electron chi connectivity index (χ3n) is 3.00. The van der Waals surface area contributed by atoms with Gasteiger partial charge in [0, 0.05) is 34.2 Å². The van der Waals surface area contributed by atoms with Gasteiger partial charge in [-0.15, -0.1) is 0 Å². The van der Waals surface area contributed by atoms with Crippen LogP contribution in [0.5, 0.6) is 0 Å². The molecule has 2 rings (SSSR count). The van der Waals surface area contributed by atoms with Gasteiger partial charge in [0.1, 0.15) is 16.9 Å². The van der Waals surface area contributed by atoms with Crippen molar-refractivity contribution in [3.8, 4) is 0 Å². The second-order valence-corrected chi connectivity index (χ2v) is 6.18. The van der Waals surface area contributed by atoms with Crippen molar-refractivity contribution in [3.05, 3.63) is 35.6 Å². The molecule has 0 amide bonds. The van der Waals surface area contributed by atoms with E-state index in [1.54, 1.807) is 24.3 Å². The van der Waals surface area contributed by atoms with Gasteiger partial charge >= 0.3 is 5.97 Å². The summed E-state index contributed by atoms with van der Waals surface area (Å²) in [6, 6.07) is 7.07. The zero-order valence-electron chi connectivity index (χ0n) is 11.2. The molecule has 1 aromatic heterocycles. The molecule has 1 atom stereocenters. The molecule has 5 nitrogen and oxygen atoms in total. The summed E-state index contributed by atoms with van der Waals surface area (Å²) in [5.41, 5.74) is 0.767. The average molecular weight is 295 g/mol. The lowest BCUT2D eigenvalue weighted by molar-refractivity contribution is 0.0696. The fourth-order valence-electron chi connectivity index (χ4n) is 1.99. The van der Waals surface area contributed by atoms with Gasteiger partial charge in [-0.25, -0.2) is 4.79 Å². The molecule has 2 aromatic rings. The molecule has 20 heavy (non-hydrogen) atoms. The van der Waals surface area contributed by atoms with Crippen LogP contribution in [0.4, 0.5) is 0 Å². The Morgan fingerprint density at radius 3 is 2.85 bits per heavy atom. The van der Waals surface area contributed by atoms with Gasteiger partial charge < -0.3 is 14.8 Å². The summed E-state index contributed by atoms with van der Waals surface area (Å²) in [7, 11) is -0.823. The van der Waals surface area contributed by atoms with Gasteiger partial charge in [-0.2, -0.15) is 0 Å². The Morgan fingerprint density at radius 1 is 1.40 bits per heavy atom. The highest BCUT2D eigenvalue weighted by Gasteiger charge is 2.19. The summed E-state index contributed by atoms with van der Waals surface area (Å²) in [4.78, 5) is 11.3. The van der Waals surface area contributed by atoms with Crippen LogP contribution in [-0.2, 0) is 17.3 Å². The van der Waals surface area contributed by atoms with Crippen molar-refractivity contribution < 1.29 is 18.5 Å². The lowest BCUT2D eigenvalue weighted by Crippen LogP contribution is -2.21. The van der Waals surface area contributed by atoms with Crippen molar-refractivity contribution >= 4 is 27.7 Å². The molecule has 1 heterocycles. The first kappa shape index (κ1) is 14.7. The first-order valence-electron chi connectivity index (χ1n) is 6.43. The molecule has 0 radical (unpaired) electrons. The van der Waals surface area contributed by atoms with E-state index in [-0.39, 0.29) is 5.56 Å². The molecule has 1 aromatic carbocycles. The second kappa shape index (κ2) is 6.67. The van der Waals surface area contributed by atoms with Crippen LogP contribution < -0.4 is 5.32 Å². The number of hydrogen-bond acceptors (Lipinski definition) is 4. The van der Waals surface area contributed by atoms with Gasteiger partial charge in [0.05, 0.1) is 6.54 Å². The Labute approximate surface area is 119 Å². The van der Waals surface area contributed by atoms with Crippen LogP contribution in [0, 0.1) is 0 Å². The number of benzene rings is 1. The molecule has 0 saturated carbocycles. The molecule has 0 fully saturated rings. The number of hydrogen-bond donors (Lipinski definition) is 2. The minimum absolute atomic E-state index is 0.199. The van der Waals surface area contributed by atoms with Crippen LogP contribution >= 0.6 is 0 Å². The molecular formula is C14H17NO4S. The van der Waals surface area contributed by atoms with Crippen LogP contribution in [-0.4, -0.2) is 33.3 Å². The van der Waals surface area contributed by atoms with Gasteiger partial charge in [-0.05, 0) is 6.07 Å². The molecule has 108 valence electrons. The molecule has 1 unspecified atom stereocenters. The number of carboxylic acids is 1. The molecule has 0 spiro atoms. The Bertz CT molecular complexity index is 635. The first-order valence-corrected chi connectivity index (χ1v) is 7.91. The van der Waals surface area contributed by atoms with E-state index in [4.69, 9.17) is 4.42 Å². The number of carboxylic acid groups (broad SMARTS) is 1. The normalized spacial score (nSPS) is 12.7. The van der Waals surface area contributed by atoms with Crippen molar-refractivity contribution in [3.63, 3.8) is 0 Å². The van der Waals surface area contributed by atoms with Gasteiger partial charge in [-0.1, -0.05) is 25.1 Å². The van der Waals surface area contributed by atoms with E-state index in [1.807, 2.05) is 6.92 Å². The summed E-state index contributed by atoms with van der Waals surface area (Å²) >= 11 is 0. The smallest absolute Gasteiger partial charge is 0.339 e. The van der Waals surface area contributed by atoms with Gasteiger partial charge in [0.25, 0.3) is 0 Å². The van der Waals surface area contributed by atoms with Crippen LogP contribution in [0.2, 0.25) is 0 Å². The monoisotopic (exact) mass is 295 g/mol. The average Bonchev–Trinajstić information content (AvgIpc) is 2.81. The Hall–Kier alpha value is -1.66. The molecule has 0 aliphatic rings. The number of nitrogens with one attached hydrogen (secondary N) is 1. The van der Waals surface area contributed by atoms with E-state index in [9.17, 15) is 14.1 Å². The molecular weight excluding hydrogens is 278 g/mol. The van der Waals surface area contributed by atoms with Crippen molar-refractivity contribution in [1.29, 1.82) is 0 Å². The minimum Gasteiger partial charge on any atom is -0.478 e. The number of aromatic carboxylic acids is 1. The molecule has 2 N–H and O–H groups in total. The fourth-order valence-corrected chi connectivity index (χ4v) is 2.65. The number of furan rings is 1. The molecule has 0 aliphatic carbocycles. The zero-order chi connectivity index (χ0) is 14.5. The van der Waals surface area contributed by atoms with Gasteiger partial charge in [-0.3, -0.25) is 4.21 Å². The zero-order valence-corrected chi connectivity index (χ0v) is 12.0. The second-order valence-electron chi connectivity index (χ2n) is 4.31. The maximum Gasteiger partial charge on any atom is 0.339 e. The van der Waals surface area contributed by atoms with Crippen molar-refractivity contribution in [2.45, 2.75) is 13.5 Å². The largest absolute Gasteiger partial charge is 0.478 e. The van der Waals surface area contributed by atoms with Crippen LogP contribution in [0.15, 0.2) is 28.7 Å². The van der Waals surface area contributed by atoms with Crippen LogP contribution in [0.3, 0.4) is 0 Å². The van der Waals surface area contributed by atoms with E-state index in [0.717, 1.165) is 0 Å². The lowest BCUT2D eigenvalue weighted by Gasteiger charge is -2.03. The molecule has 0 saturated heterocycles. The number of para-hydroxylation sites is 1. The Balaban J connectivity index is 2.11. The fraction of sp³-hybridized carbons (Fsp3) is 0.357. The van der Waals surface area contributed by atoms with E-state index >= 15 is 0 Å². The molecule has 0 aliphatic heterocycles. The maximum absolute atomic E-state index is 11.3. The Kier molecular flexibility index (Phi) is 4.92. The SMILES string of the molecule is CCS(=O)CCNCc1oc2ccccc2c1C(=O)O. The topological polar surface area (TPSA) is 79.5 Å². The number of fused-ring (bicyclic) bond motifs is 1. The standard InChI is InChI=1S/C14H17NO4S/c1-2-20(18)8-7-15-9-12-13(14(16)17)10-5-3-4-6-11(10)19-12/h3-6,15H,2,7-9H2,1H3,(H,16,17). The summed E-state index contributed by atoms with van der Waals surface area (Å²) in [6.07, 6.45) is 0. The quantitative estimate of drug-likeness (QED) is 0.764. The lowest BCUT2D eigenvalue weighted by atomic mass is 10.1. The van der Waals surface area contributed by atoms with Crippen LogP contribution in [0.25, 0.3) is 11.0 Å². The third kappa shape index (κ3) is 3.26. The molecule has 0 bridgehead atoms. The Morgan fingerprint density at radius 2 is 2.15 bits per heavy atom. The summed E-state index contributed by atoms with van der Waals surface area (Å²) in [5.74, 6) is 0.594.